The summed E-state index contributed by atoms with van der Waals surface area (Å²) in [5.74, 6) is 0.736. The van der Waals surface area contributed by atoms with Crippen LogP contribution in [0.15, 0.2) is 24.3 Å². The van der Waals surface area contributed by atoms with Crippen molar-refractivity contribution in [1.82, 2.24) is 15.0 Å². The van der Waals surface area contributed by atoms with E-state index in [0.717, 1.165) is 5.56 Å². The number of benzene rings is 1. The summed E-state index contributed by atoms with van der Waals surface area (Å²) in [5.41, 5.74) is 11.8. The van der Waals surface area contributed by atoms with Gasteiger partial charge in [0.1, 0.15) is 5.75 Å². The maximum atomic E-state index is 5.45. The number of ether oxygens (including phenoxy) is 1. The van der Waals surface area contributed by atoms with Gasteiger partial charge in [-0.15, -0.1) is 0 Å². The molecular weight excluding hydrogens is 206 g/mol. The maximum Gasteiger partial charge on any atom is 0.328 e. The highest BCUT2D eigenvalue weighted by Gasteiger charge is 2.05. The third-order valence-corrected chi connectivity index (χ3v) is 1.94. The standard InChI is InChI=1S/C10H11N5O/c1-6-4-2-3-5-7(6)16-10-14-8(11)13-9(12)15-10/h2-5H,1H3,(H4,11,12,13,14,15). The fourth-order valence-electron chi connectivity index (χ4n) is 1.20. The molecule has 0 unspecified atom stereocenters. The van der Waals surface area contributed by atoms with Crippen LogP contribution in [0.5, 0.6) is 11.8 Å². The summed E-state index contributed by atoms with van der Waals surface area (Å²) in [6.45, 7) is 1.92. The largest absolute Gasteiger partial charge is 0.424 e. The molecule has 4 N–H and O–H groups in total. The van der Waals surface area contributed by atoms with E-state index >= 15 is 0 Å². The summed E-state index contributed by atoms with van der Waals surface area (Å²) in [6, 6.07) is 7.60. The van der Waals surface area contributed by atoms with Gasteiger partial charge in [0.25, 0.3) is 0 Å². The van der Waals surface area contributed by atoms with E-state index < -0.39 is 0 Å². The van der Waals surface area contributed by atoms with E-state index in [2.05, 4.69) is 15.0 Å². The van der Waals surface area contributed by atoms with Crippen molar-refractivity contribution in [3.05, 3.63) is 29.8 Å². The Hall–Kier alpha value is -2.37. The summed E-state index contributed by atoms with van der Waals surface area (Å²) in [7, 11) is 0. The Morgan fingerprint density at radius 3 is 2.25 bits per heavy atom. The van der Waals surface area contributed by atoms with Gasteiger partial charge in [-0.2, -0.15) is 15.0 Å². The molecule has 0 fully saturated rings. The van der Waals surface area contributed by atoms with Gasteiger partial charge in [-0.1, -0.05) is 18.2 Å². The molecule has 82 valence electrons. The molecule has 0 aliphatic rings. The molecule has 0 amide bonds. The lowest BCUT2D eigenvalue weighted by Gasteiger charge is -2.06. The van der Waals surface area contributed by atoms with Gasteiger partial charge in [0.15, 0.2) is 0 Å². The number of nitrogen functional groups attached to an aromatic ring is 2. The molecule has 0 radical (unpaired) electrons. The molecule has 1 aromatic heterocycles. The Morgan fingerprint density at radius 1 is 1.00 bits per heavy atom. The van der Waals surface area contributed by atoms with Crippen LogP contribution in [-0.4, -0.2) is 15.0 Å². The quantitative estimate of drug-likeness (QED) is 0.782. The van der Waals surface area contributed by atoms with Gasteiger partial charge in [0, 0.05) is 0 Å². The minimum atomic E-state index is 0.0380. The highest BCUT2D eigenvalue weighted by Crippen LogP contribution is 2.22. The molecule has 6 heteroatoms. The Kier molecular flexibility index (Phi) is 2.55. The highest BCUT2D eigenvalue weighted by atomic mass is 16.5. The van der Waals surface area contributed by atoms with Crippen LogP contribution in [0.1, 0.15) is 5.56 Å². The average molecular weight is 217 g/mol. The van der Waals surface area contributed by atoms with Crippen LogP contribution in [0.2, 0.25) is 0 Å². The fourth-order valence-corrected chi connectivity index (χ4v) is 1.20. The zero-order chi connectivity index (χ0) is 11.5. The van der Waals surface area contributed by atoms with Crippen LogP contribution in [0.25, 0.3) is 0 Å². The molecule has 6 nitrogen and oxygen atoms in total. The number of hydrogen-bond donors (Lipinski definition) is 2. The van der Waals surface area contributed by atoms with Gasteiger partial charge in [0.05, 0.1) is 0 Å². The maximum absolute atomic E-state index is 5.45. The molecule has 0 saturated heterocycles. The van der Waals surface area contributed by atoms with E-state index in [1.807, 2.05) is 31.2 Å². The Bertz CT molecular complexity index is 494. The number of aryl methyl sites for hydroxylation is 1. The molecule has 2 rings (SSSR count). The Balaban J connectivity index is 2.30. The molecule has 1 heterocycles. The minimum Gasteiger partial charge on any atom is -0.424 e. The molecule has 16 heavy (non-hydrogen) atoms. The second-order valence-corrected chi connectivity index (χ2v) is 3.20. The van der Waals surface area contributed by atoms with Crippen LogP contribution in [0, 0.1) is 6.92 Å². The lowest BCUT2D eigenvalue weighted by molar-refractivity contribution is 0.439. The van der Waals surface area contributed by atoms with E-state index in [4.69, 9.17) is 16.2 Å². The molecule has 2 aromatic rings. The second kappa shape index (κ2) is 4.01. The molecule has 0 aliphatic heterocycles. The van der Waals surface area contributed by atoms with Crippen LogP contribution >= 0.6 is 0 Å². The van der Waals surface area contributed by atoms with Gasteiger partial charge in [0.2, 0.25) is 11.9 Å². The molecule has 0 atom stereocenters. The number of hydrogen-bond acceptors (Lipinski definition) is 6. The van der Waals surface area contributed by atoms with Crippen molar-refractivity contribution in [3.8, 4) is 11.8 Å². The summed E-state index contributed by atoms with van der Waals surface area (Å²) < 4.78 is 5.45. The first-order valence-corrected chi connectivity index (χ1v) is 4.65. The van der Waals surface area contributed by atoms with Crippen LogP contribution in [0.3, 0.4) is 0 Å². The van der Waals surface area contributed by atoms with E-state index in [1.165, 1.54) is 0 Å². The molecular formula is C10H11N5O. The van der Waals surface area contributed by atoms with Crippen molar-refractivity contribution in [2.75, 3.05) is 11.5 Å². The highest BCUT2D eigenvalue weighted by molar-refractivity contribution is 5.35. The first-order chi connectivity index (χ1) is 7.65. The van der Waals surface area contributed by atoms with Gasteiger partial charge in [-0.05, 0) is 18.6 Å². The number of aromatic nitrogens is 3. The molecule has 0 bridgehead atoms. The third-order valence-electron chi connectivity index (χ3n) is 1.94. The van der Waals surface area contributed by atoms with E-state index in [1.54, 1.807) is 0 Å². The van der Waals surface area contributed by atoms with Gasteiger partial charge < -0.3 is 16.2 Å². The molecule has 1 aromatic carbocycles. The summed E-state index contributed by atoms with van der Waals surface area (Å²) in [6.07, 6.45) is 0. The SMILES string of the molecule is Cc1ccccc1Oc1nc(N)nc(N)n1. The topological polar surface area (TPSA) is 99.9 Å². The van der Waals surface area contributed by atoms with Gasteiger partial charge in [-0.3, -0.25) is 0 Å². The van der Waals surface area contributed by atoms with Gasteiger partial charge >= 0.3 is 6.01 Å². The molecule has 0 spiro atoms. The van der Waals surface area contributed by atoms with E-state index in [0.29, 0.717) is 5.75 Å². The van der Waals surface area contributed by atoms with Crippen molar-refractivity contribution in [3.63, 3.8) is 0 Å². The van der Waals surface area contributed by atoms with Crippen molar-refractivity contribution in [1.29, 1.82) is 0 Å². The Labute approximate surface area is 92.3 Å². The van der Waals surface area contributed by atoms with Crippen LogP contribution in [-0.2, 0) is 0 Å². The van der Waals surface area contributed by atoms with Crippen molar-refractivity contribution >= 4 is 11.9 Å². The zero-order valence-electron chi connectivity index (χ0n) is 8.71. The second-order valence-electron chi connectivity index (χ2n) is 3.20. The molecule has 0 aliphatic carbocycles. The van der Waals surface area contributed by atoms with Crippen LogP contribution in [0.4, 0.5) is 11.9 Å². The molecule has 0 saturated carbocycles. The predicted octanol–water partition coefficient (Wildman–Crippen LogP) is 1.14. The predicted molar refractivity (Wildman–Crippen MR) is 59.9 cm³/mol. The summed E-state index contributed by atoms with van der Waals surface area (Å²) in [5, 5.41) is 0. The van der Waals surface area contributed by atoms with Crippen molar-refractivity contribution in [2.24, 2.45) is 0 Å². The first-order valence-electron chi connectivity index (χ1n) is 4.65. The Morgan fingerprint density at radius 2 is 1.62 bits per heavy atom. The van der Waals surface area contributed by atoms with E-state index in [-0.39, 0.29) is 17.9 Å². The summed E-state index contributed by atoms with van der Waals surface area (Å²) >= 11 is 0. The van der Waals surface area contributed by atoms with Crippen LogP contribution < -0.4 is 16.2 Å². The number of para-hydroxylation sites is 1. The fraction of sp³-hybridized carbons (Fsp3) is 0.100. The lowest BCUT2D eigenvalue weighted by Crippen LogP contribution is -2.04. The van der Waals surface area contributed by atoms with Crippen molar-refractivity contribution in [2.45, 2.75) is 6.92 Å². The van der Waals surface area contributed by atoms with E-state index in [9.17, 15) is 0 Å². The number of nitrogens with two attached hydrogens (primary N) is 2. The number of nitrogens with zero attached hydrogens (tertiary/aromatic N) is 3. The smallest absolute Gasteiger partial charge is 0.328 e. The average Bonchev–Trinajstić information content (AvgIpc) is 2.20. The monoisotopic (exact) mass is 217 g/mol. The van der Waals surface area contributed by atoms with Crippen molar-refractivity contribution < 1.29 is 4.74 Å². The number of rotatable bonds is 2. The minimum absolute atomic E-state index is 0.0380. The normalized spacial score (nSPS) is 10.1. The lowest BCUT2D eigenvalue weighted by atomic mass is 10.2. The third kappa shape index (κ3) is 2.17. The first kappa shape index (κ1) is 10.2. The number of anilines is 2. The zero-order valence-corrected chi connectivity index (χ0v) is 8.71. The van der Waals surface area contributed by atoms with Gasteiger partial charge in [-0.25, -0.2) is 0 Å². The summed E-state index contributed by atoms with van der Waals surface area (Å²) in [4.78, 5) is 11.3.